The molecule has 0 radical (unpaired) electrons. The molecule has 1 nitrogen and oxygen atoms in total. The van der Waals surface area contributed by atoms with Crippen molar-refractivity contribution in [3.8, 4) is 0 Å². The number of allylic oxidation sites excluding steroid dienone is 4. The summed E-state index contributed by atoms with van der Waals surface area (Å²) in [5, 5.41) is 0. The van der Waals surface area contributed by atoms with Gasteiger partial charge in [0.25, 0.3) is 0 Å². The van der Waals surface area contributed by atoms with Crippen molar-refractivity contribution in [1.82, 2.24) is 0 Å². The van der Waals surface area contributed by atoms with E-state index in [4.69, 9.17) is 0 Å². The molecule has 2 rings (SSSR count). The lowest BCUT2D eigenvalue weighted by Gasteiger charge is -2.38. The molecule has 0 bridgehead atoms. The molecule has 0 aromatic carbocycles. The fourth-order valence-corrected chi connectivity index (χ4v) is 3.08. The minimum absolute atomic E-state index is 0.222. The zero-order chi connectivity index (χ0) is 11.9. The largest absolute Gasteiger partial charge is 0.294 e. The van der Waals surface area contributed by atoms with Crippen molar-refractivity contribution in [1.29, 1.82) is 0 Å². The van der Waals surface area contributed by atoms with Gasteiger partial charge >= 0.3 is 0 Å². The van der Waals surface area contributed by atoms with E-state index in [1.165, 1.54) is 5.57 Å². The molecule has 88 valence electrons. The van der Waals surface area contributed by atoms with Crippen LogP contribution in [0.1, 0.15) is 47.0 Å². The van der Waals surface area contributed by atoms with E-state index in [-0.39, 0.29) is 11.3 Å². The summed E-state index contributed by atoms with van der Waals surface area (Å²) in [5.41, 5.74) is 2.66. The van der Waals surface area contributed by atoms with Crippen molar-refractivity contribution in [3.05, 3.63) is 23.3 Å². The minimum Gasteiger partial charge on any atom is -0.294 e. The van der Waals surface area contributed by atoms with Gasteiger partial charge in [-0.15, -0.1) is 0 Å². The fraction of sp³-hybridized carbons (Fsp3) is 0.667. The molecule has 0 saturated carbocycles. The maximum absolute atomic E-state index is 12.3. The maximum Gasteiger partial charge on any atom is 0.161 e. The van der Waals surface area contributed by atoms with Gasteiger partial charge in [0.15, 0.2) is 5.78 Å². The van der Waals surface area contributed by atoms with Gasteiger partial charge in [0.05, 0.1) is 0 Å². The van der Waals surface area contributed by atoms with Crippen molar-refractivity contribution in [2.75, 3.05) is 0 Å². The topological polar surface area (TPSA) is 17.1 Å². The summed E-state index contributed by atoms with van der Waals surface area (Å²) in [6, 6.07) is 0. The highest BCUT2D eigenvalue weighted by molar-refractivity contribution is 5.97. The third-order valence-electron chi connectivity index (χ3n) is 4.31. The lowest BCUT2D eigenvalue weighted by Crippen LogP contribution is -2.34. The molecule has 0 fully saturated rings. The van der Waals surface area contributed by atoms with E-state index in [0.717, 1.165) is 24.8 Å². The van der Waals surface area contributed by atoms with E-state index in [2.05, 4.69) is 32.9 Å². The van der Waals surface area contributed by atoms with Crippen LogP contribution in [-0.2, 0) is 4.79 Å². The number of fused-ring (bicyclic) bond motifs is 1. The van der Waals surface area contributed by atoms with E-state index in [1.807, 2.05) is 6.92 Å². The van der Waals surface area contributed by atoms with Gasteiger partial charge in [0.2, 0.25) is 0 Å². The lowest BCUT2D eigenvalue weighted by atomic mass is 9.66. The van der Waals surface area contributed by atoms with Crippen LogP contribution in [0.3, 0.4) is 0 Å². The second-order valence-corrected chi connectivity index (χ2v) is 6.13. The molecule has 0 N–H and O–H groups in total. The average Bonchev–Trinajstić information content (AvgIpc) is 2.31. The van der Waals surface area contributed by atoms with Gasteiger partial charge in [-0.1, -0.05) is 31.6 Å². The molecule has 2 aliphatic carbocycles. The summed E-state index contributed by atoms with van der Waals surface area (Å²) in [6.45, 7) is 8.76. The van der Waals surface area contributed by atoms with Crippen molar-refractivity contribution < 1.29 is 4.79 Å². The summed E-state index contributed by atoms with van der Waals surface area (Å²) >= 11 is 0. The van der Waals surface area contributed by atoms with Crippen LogP contribution < -0.4 is 0 Å². The predicted octanol–water partition coefficient (Wildman–Crippen LogP) is 3.90. The summed E-state index contributed by atoms with van der Waals surface area (Å²) in [5.74, 6) is 1.05. The second kappa shape index (κ2) is 3.87. The zero-order valence-electron chi connectivity index (χ0n) is 10.8. The third kappa shape index (κ3) is 1.88. The highest BCUT2D eigenvalue weighted by atomic mass is 16.1. The smallest absolute Gasteiger partial charge is 0.161 e. The number of Topliss-reactive ketones (excluding diaryl/α,β-unsaturated/α-hetero) is 1. The predicted molar refractivity (Wildman–Crippen MR) is 67.1 cm³/mol. The number of ketones is 1. The Balaban J connectivity index is 2.42. The molecular formula is C15H22O. The van der Waals surface area contributed by atoms with Gasteiger partial charge in [-0.3, -0.25) is 4.79 Å². The molecule has 2 aliphatic rings. The zero-order valence-corrected chi connectivity index (χ0v) is 10.8. The molecular weight excluding hydrogens is 196 g/mol. The first-order valence-electron chi connectivity index (χ1n) is 6.30. The van der Waals surface area contributed by atoms with E-state index in [9.17, 15) is 4.79 Å². The molecule has 0 aliphatic heterocycles. The highest BCUT2D eigenvalue weighted by Crippen LogP contribution is 2.46. The molecule has 0 amide bonds. The van der Waals surface area contributed by atoms with Crippen LogP contribution >= 0.6 is 0 Å². The molecule has 0 spiro atoms. The van der Waals surface area contributed by atoms with Gasteiger partial charge in [-0.05, 0) is 50.0 Å². The van der Waals surface area contributed by atoms with Crippen molar-refractivity contribution >= 4 is 5.78 Å². The van der Waals surface area contributed by atoms with E-state index in [1.54, 1.807) is 0 Å². The first kappa shape index (κ1) is 11.6. The minimum atomic E-state index is 0.222. The van der Waals surface area contributed by atoms with Crippen LogP contribution in [-0.4, -0.2) is 5.78 Å². The monoisotopic (exact) mass is 218 g/mol. The molecule has 0 heterocycles. The van der Waals surface area contributed by atoms with Gasteiger partial charge in [-0.2, -0.15) is 0 Å². The SMILES string of the molecule is CC1=C[C@H]2[C@@H](CC1)C(=O)C(C)=CCC2(C)C. The highest BCUT2D eigenvalue weighted by Gasteiger charge is 2.40. The molecule has 0 unspecified atom stereocenters. The van der Waals surface area contributed by atoms with E-state index in [0.29, 0.717) is 11.7 Å². The maximum atomic E-state index is 12.3. The average molecular weight is 218 g/mol. The van der Waals surface area contributed by atoms with Crippen LogP contribution in [0.5, 0.6) is 0 Å². The lowest BCUT2D eigenvalue weighted by molar-refractivity contribution is -0.121. The Hall–Kier alpha value is -0.850. The summed E-state index contributed by atoms with van der Waals surface area (Å²) in [6.07, 6.45) is 7.66. The van der Waals surface area contributed by atoms with Gasteiger partial charge in [0, 0.05) is 5.92 Å². The molecule has 1 heteroatoms. The number of hydrogen-bond acceptors (Lipinski definition) is 1. The normalized spacial score (nSPS) is 33.6. The van der Waals surface area contributed by atoms with Crippen LogP contribution in [0.2, 0.25) is 0 Å². The second-order valence-electron chi connectivity index (χ2n) is 6.13. The first-order chi connectivity index (χ1) is 7.42. The van der Waals surface area contributed by atoms with Crippen LogP contribution in [0, 0.1) is 17.3 Å². The Kier molecular flexibility index (Phi) is 2.81. The molecule has 0 aromatic heterocycles. The third-order valence-corrected chi connectivity index (χ3v) is 4.31. The first-order valence-corrected chi connectivity index (χ1v) is 6.30. The van der Waals surface area contributed by atoms with Gasteiger partial charge < -0.3 is 0 Å². The Labute approximate surface area is 98.6 Å². The summed E-state index contributed by atoms with van der Waals surface area (Å²) < 4.78 is 0. The fourth-order valence-electron chi connectivity index (χ4n) is 3.08. The quantitative estimate of drug-likeness (QED) is 0.563. The Morgan fingerprint density at radius 1 is 1.31 bits per heavy atom. The van der Waals surface area contributed by atoms with Crippen LogP contribution in [0.4, 0.5) is 0 Å². The van der Waals surface area contributed by atoms with Crippen molar-refractivity contribution in [2.24, 2.45) is 17.3 Å². The molecule has 16 heavy (non-hydrogen) atoms. The van der Waals surface area contributed by atoms with Gasteiger partial charge in [0.1, 0.15) is 0 Å². The van der Waals surface area contributed by atoms with Crippen molar-refractivity contribution in [2.45, 2.75) is 47.0 Å². The van der Waals surface area contributed by atoms with Crippen LogP contribution in [0.15, 0.2) is 23.3 Å². The summed E-state index contributed by atoms with van der Waals surface area (Å²) in [7, 11) is 0. The standard InChI is InChI=1S/C15H22O/c1-10-5-6-12-13(9-10)15(3,4)8-7-11(2)14(12)16/h7,9,12-13H,5-6,8H2,1-4H3/t12-,13+/m1/s1. The Morgan fingerprint density at radius 2 is 2.00 bits per heavy atom. The van der Waals surface area contributed by atoms with Crippen molar-refractivity contribution in [3.63, 3.8) is 0 Å². The number of carbonyl (C=O) groups is 1. The summed E-state index contributed by atoms with van der Waals surface area (Å²) in [4.78, 5) is 12.3. The van der Waals surface area contributed by atoms with Crippen LogP contribution in [0.25, 0.3) is 0 Å². The van der Waals surface area contributed by atoms with E-state index < -0.39 is 0 Å². The number of carbonyl (C=O) groups excluding carboxylic acids is 1. The number of rotatable bonds is 0. The number of hydrogen-bond donors (Lipinski definition) is 0. The molecule has 2 atom stereocenters. The Morgan fingerprint density at radius 3 is 2.69 bits per heavy atom. The van der Waals surface area contributed by atoms with E-state index >= 15 is 0 Å². The molecule has 0 aromatic rings. The Bertz CT molecular complexity index is 371. The molecule has 0 saturated heterocycles. The van der Waals surface area contributed by atoms with Gasteiger partial charge in [-0.25, -0.2) is 0 Å².